The minimum Gasteiger partial charge on any atom is -0.486 e. The van der Waals surface area contributed by atoms with Gasteiger partial charge in [0.05, 0.1) is 5.92 Å². The van der Waals surface area contributed by atoms with Gasteiger partial charge in [-0.1, -0.05) is 6.07 Å². The fourth-order valence-corrected chi connectivity index (χ4v) is 2.73. The Bertz CT molecular complexity index is 504. The number of hydrogen-bond acceptors (Lipinski definition) is 4. The van der Waals surface area contributed by atoms with E-state index in [0.717, 1.165) is 30.0 Å². The van der Waals surface area contributed by atoms with Crippen molar-refractivity contribution in [3.05, 3.63) is 23.8 Å². The van der Waals surface area contributed by atoms with E-state index in [-0.39, 0.29) is 17.9 Å². The van der Waals surface area contributed by atoms with Crippen molar-refractivity contribution in [1.29, 1.82) is 0 Å². The highest BCUT2D eigenvalue weighted by Crippen LogP contribution is 2.30. The molecule has 20 heavy (non-hydrogen) atoms. The maximum Gasteiger partial charge on any atom is 0.224 e. The van der Waals surface area contributed by atoms with Crippen molar-refractivity contribution in [2.24, 2.45) is 5.92 Å². The Kier molecular flexibility index (Phi) is 3.78. The predicted octanol–water partition coefficient (Wildman–Crippen LogP) is 1.07. The van der Waals surface area contributed by atoms with Gasteiger partial charge in [0, 0.05) is 12.6 Å². The van der Waals surface area contributed by atoms with E-state index in [0.29, 0.717) is 19.8 Å². The maximum absolute atomic E-state index is 12.1. The van der Waals surface area contributed by atoms with E-state index in [1.165, 1.54) is 0 Å². The average molecular weight is 276 g/mol. The molecule has 2 aliphatic rings. The standard InChI is InChI=1S/C15H20N2O3/c1-10-12(4-5-16-10)15(18)17-9-11-2-3-13-14(8-11)20-7-6-19-13/h2-3,8,10,12,16H,4-7,9H2,1H3,(H,17,18). The molecule has 1 aromatic rings. The highest BCUT2D eigenvalue weighted by molar-refractivity contribution is 5.79. The van der Waals surface area contributed by atoms with E-state index >= 15 is 0 Å². The summed E-state index contributed by atoms with van der Waals surface area (Å²) in [5.74, 6) is 1.74. The number of rotatable bonds is 3. The summed E-state index contributed by atoms with van der Waals surface area (Å²) in [6.07, 6.45) is 0.911. The van der Waals surface area contributed by atoms with Crippen LogP contribution in [-0.2, 0) is 11.3 Å². The maximum atomic E-state index is 12.1. The summed E-state index contributed by atoms with van der Waals surface area (Å²) in [5.41, 5.74) is 1.03. The van der Waals surface area contributed by atoms with Gasteiger partial charge in [0.2, 0.25) is 5.91 Å². The zero-order valence-corrected chi connectivity index (χ0v) is 11.6. The molecule has 1 amide bonds. The molecule has 2 heterocycles. The van der Waals surface area contributed by atoms with Gasteiger partial charge < -0.3 is 20.1 Å². The van der Waals surface area contributed by atoms with Crippen molar-refractivity contribution in [2.75, 3.05) is 19.8 Å². The Hall–Kier alpha value is -1.75. The Morgan fingerprint density at radius 1 is 1.35 bits per heavy atom. The molecule has 0 aromatic heterocycles. The van der Waals surface area contributed by atoms with E-state index in [9.17, 15) is 4.79 Å². The van der Waals surface area contributed by atoms with Crippen LogP contribution in [0.5, 0.6) is 11.5 Å². The van der Waals surface area contributed by atoms with Crippen LogP contribution in [0.25, 0.3) is 0 Å². The van der Waals surface area contributed by atoms with Gasteiger partial charge >= 0.3 is 0 Å². The molecule has 0 bridgehead atoms. The number of amides is 1. The zero-order chi connectivity index (χ0) is 13.9. The third-order valence-electron chi connectivity index (χ3n) is 3.94. The Morgan fingerprint density at radius 3 is 2.90 bits per heavy atom. The number of carbonyl (C=O) groups excluding carboxylic acids is 1. The van der Waals surface area contributed by atoms with Crippen LogP contribution in [0.4, 0.5) is 0 Å². The molecule has 1 aromatic carbocycles. The Balaban J connectivity index is 1.59. The largest absolute Gasteiger partial charge is 0.486 e. The Morgan fingerprint density at radius 2 is 2.15 bits per heavy atom. The van der Waals surface area contributed by atoms with Crippen molar-refractivity contribution >= 4 is 5.91 Å². The van der Waals surface area contributed by atoms with Gasteiger partial charge in [-0.2, -0.15) is 0 Å². The topological polar surface area (TPSA) is 59.6 Å². The molecule has 108 valence electrons. The zero-order valence-electron chi connectivity index (χ0n) is 11.6. The first-order chi connectivity index (χ1) is 9.74. The highest BCUT2D eigenvalue weighted by atomic mass is 16.6. The van der Waals surface area contributed by atoms with Crippen molar-refractivity contribution in [3.63, 3.8) is 0 Å². The molecular formula is C15H20N2O3. The van der Waals surface area contributed by atoms with Crippen molar-refractivity contribution in [2.45, 2.75) is 25.9 Å². The van der Waals surface area contributed by atoms with Crippen LogP contribution in [0.3, 0.4) is 0 Å². The number of fused-ring (bicyclic) bond motifs is 1. The van der Waals surface area contributed by atoms with Crippen LogP contribution in [0.1, 0.15) is 18.9 Å². The van der Waals surface area contributed by atoms with E-state index < -0.39 is 0 Å². The van der Waals surface area contributed by atoms with Crippen molar-refractivity contribution < 1.29 is 14.3 Å². The molecule has 5 heteroatoms. The quantitative estimate of drug-likeness (QED) is 0.867. The molecule has 0 radical (unpaired) electrons. The van der Waals surface area contributed by atoms with Gasteiger partial charge in [-0.3, -0.25) is 4.79 Å². The molecule has 1 saturated heterocycles. The van der Waals surface area contributed by atoms with Gasteiger partial charge in [-0.25, -0.2) is 0 Å². The minimum atomic E-state index is 0.0761. The summed E-state index contributed by atoms with van der Waals surface area (Å²) >= 11 is 0. The van der Waals surface area contributed by atoms with Crippen LogP contribution in [0.15, 0.2) is 18.2 Å². The van der Waals surface area contributed by atoms with E-state index in [1.807, 2.05) is 18.2 Å². The number of carbonyl (C=O) groups is 1. The second kappa shape index (κ2) is 5.71. The highest BCUT2D eigenvalue weighted by Gasteiger charge is 2.29. The lowest BCUT2D eigenvalue weighted by Gasteiger charge is -2.19. The van der Waals surface area contributed by atoms with Gasteiger partial charge in [0.15, 0.2) is 11.5 Å². The molecule has 2 aliphatic heterocycles. The first kappa shape index (κ1) is 13.2. The van der Waals surface area contributed by atoms with Crippen LogP contribution in [0.2, 0.25) is 0 Å². The second-order valence-electron chi connectivity index (χ2n) is 5.33. The molecule has 2 N–H and O–H groups in total. The molecule has 0 spiro atoms. The number of nitrogens with one attached hydrogen (secondary N) is 2. The number of hydrogen-bond donors (Lipinski definition) is 2. The van der Waals surface area contributed by atoms with E-state index in [4.69, 9.17) is 9.47 Å². The summed E-state index contributed by atoms with van der Waals surface area (Å²) in [4.78, 5) is 12.1. The summed E-state index contributed by atoms with van der Waals surface area (Å²) in [7, 11) is 0. The van der Waals surface area contributed by atoms with Crippen molar-refractivity contribution in [3.8, 4) is 11.5 Å². The first-order valence-electron chi connectivity index (χ1n) is 7.13. The molecule has 0 saturated carbocycles. The summed E-state index contributed by atoms with van der Waals surface area (Å²) in [6.45, 7) is 4.67. The SMILES string of the molecule is CC1NCCC1C(=O)NCc1ccc2c(c1)OCCO2. The fraction of sp³-hybridized carbons (Fsp3) is 0.533. The minimum absolute atomic E-state index is 0.0761. The van der Waals surface area contributed by atoms with E-state index in [1.54, 1.807) is 0 Å². The molecular weight excluding hydrogens is 256 g/mol. The number of ether oxygens (including phenoxy) is 2. The van der Waals surface area contributed by atoms with Gasteiger partial charge in [-0.05, 0) is 37.6 Å². The lowest BCUT2D eigenvalue weighted by Crippen LogP contribution is -2.36. The monoisotopic (exact) mass is 276 g/mol. The van der Waals surface area contributed by atoms with Crippen molar-refractivity contribution in [1.82, 2.24) is 10.6 Å². The fourth-order valence-electron chi connectivity index (χ4n) is 2.73. The second-order valence-corrected chi connectivity index (χ2v) is 5.33. The smallest absolute Gasteiger partial charge is 0.224 e. The molecule has 2 atom stereocenters. The van der Waals surface area contributed by atoms with Crippen LogP contribution in [-0.4, -0.2) is 31.7 Å². The Labute approximate surface area is 118 Å². The average Bonchev–Trinajstić information content (AvgIpc) is 2.91. The lowest BCUT2D eigenvalue weighted by molar-refractivity contribution is -0.125. The van der Waals surface area contributed by atoms with Crippen LogP contribution in [0, 0.1) is 5.92 Å². The molecule has 2 unspecified atom stereocenters. The normalized spacial score (nSPS) is 24.4. The van der Waals surface area contributed by atoms with Gasteiger partial charge in [0.1, 0.15) is 13.2 Å². The van der Waals surface area contributed by atoms with Crippen LogP contribution < -0.4 is 20.1 Å². The van der Waals surface area contributed by atoms with Gasteiger partial charge in [0.25, 0.3) is 0 Å². The summed E-state index contributed by atoms with van der Waals surface area (Å²) in [6, 6.07) is 6.06. The first-order valence-corrected chi connectivity index (χ1v) is 7.13. The molecule has 3 rings (SSSR count). The third-order valence-corrected chi connectivity index (χ3v) is 3.94. The predicted molar refractivity (Wildman–Crippen MR) is 74.9 cm³/mol. The summed E-state index contributed by atoms with van der Waals surface area (Å²) in [5, 5.41) is 6.29. The van der Waals surface area contributed by atoms with E-state index in [2.05, 4.69) is 17.6 Å². The third kappa shape index (κ3) is 2.72. The van der Waals surface area contributed by atoms with Crippen LogP contribution >= 0.6 is 0 Å². The molecule has 0 aliphatic carbocycles. The molecule has 1 fully saturated rings. The lowest BCUT2D eigenvalue weighted by atomic mass is 10.0. The molecule has 5 nitrogen and oxygen atoms in total. The summed E-state index contributed by atoms with van der Waals surface area (Å²) < 4.78 is 11.0. The number of benzene rings is 1. The van der Waals surface area contributed by atoms with Gasteiger partial charge in [-0.15, -0.1) is 0 Å².